The number of nitrogens with one attached hydrogen (secondary N) is 2. The molecule has 0 aliphatic carbocycles. The number of benzene rings is 1. The second kappa shape index (κ2) is 9.45. The van der Waals surface area contributed by atoms with Crippen LogP contribution >= 0.6 is 0 Å². The molecule has 3 rings (SSSR count). The summed E-state index contributed by atoms with van der Waals surface area (Å²) in [6, 6.07) is 15.1. The summed E-state index contributed by atoms with van der Waals surface area (Å²) in [5.74, 6) is 1.70. The molecule has 0 bridgehead atoms. The lowest BCUT2D eigenvalue weighted by Gasteiger charge is -2.10. The van der Waals surface area contributed by atoms with Gasteiger partial charge in [-0.2, -0.15) is 0 Å². The van der Waals surface area contributed by atoms with Gasteiger partial charge in [0.25, 0.3) is 5.91 Å². The number of nitrogens with zero attached hydrogens (tertiary/aromatic N) is 3. The van der Waals surface area contributed by atoms with Gasteiger partial charge in [-0.15, -0.1) is 0 Å². The molecular weight excluding hydrogens is 354 g/mol. The lowest BCUT2D eigenvalue weighted by Crippen LogP contribution is -2.27. The summed E-state index contributed by atoms with van der Waals surface area (Å²) >= 11 is 0. The quantitative estimate of drug-likeness (QED) is 0.627. The Kier molecular flexibility index (Phi) is 6.51. The zero-order chi connectivity index (χ0) is 19.8. The van der Waals surface area contributed by atoms with Crippen molar-refractivity contribution < 1.29 is 9.53 Å². The van der Waals surface area contributed by atoms with Crippen LogP contribution in [0.3, 0.4) is 0 Å². The Morgan fingerprint density at radius 2 is 1.93 bits per heavy atom. The normalized spacial score (nSPS) is 10.4. The van der Waals surface area contributed by atoms with Gasteiger partial charge in [0.15, 0.2) is 0 Å². The van der Waals surface area contributed by atoms with E-state index < -0.39 is 0 Å². The molecule has 2 N–H and O–H groups in total. The summed E-state index contributed by atoms with van der Waals surface area (Å²) < 4.78 is 5.34. The molecule has 0 radical (unpaired) electrons. The number of carbonyl (C=O) groups is 1. The van der Waals surface area contributed by atoms with E-state index >= 15 is 0 Å². The Balaban J connectivity index is 1.59. The first-order chi connectivity index (χ1) is 13.7. The van der Waals surface area contributed by atoms with E-state index in [1.807, 2.05) is 42.5 Å². The van der Waals surface area contributed by atoms with E-state index in [4.69, 9.17) is 4.74 Å². The van der Waals surface area contributed by atoms with Gasteiger partial charge in [-0.3, -0.25) is 9.78 Å². The molecule has 0 aliphatic rings. The van der Waals surface area contributed by atoms with Crippen molar-refractivity contribution >= 4 is 11.7 Å². The van der Waals surface area contributed by atoms with Crippen molar-refractivity contribution in [3.63, 3.8) is 0 Å². The van der Waals surface area contributed by atoms with Crippen LogP contribution in [-0.2, 0) is 13.0 Å². The first-order valence-electron chi connectivity index (χ1n) is 9.05. The number of hydrogen-bond donors (Lipinski definition) is 2. The average molecular weight is 377 g/mol. The Morgan fingerprint density at radius 3 is 2.71 bits per heavy atom. The maximum absolute atomic E-state index is 12.5. The van der Waals surface area contributed by atoms with E-state index in [9.17, 15) is 4.79 Å². The van der Waals surface area contributed by atoms with E-state index in [1.165, 1.54) is 0 Å². The smallest absolute Gasteiger partial charge is 0.270 e. The Hall–Kier alpha value is -3.48. The number of carbonyl (C=O) groups excluding carboxylic acids is 1. The predicted octanol–water partition coefficient (Wildman–Crippen LogP) is 2.77. The zero-order valence-corrected chi connectivity index (χ0v) is 16.0. The van der Waals surface area contributed by atoms with Crippen LogP contribution in [0.15, 0.2) is 54.7 Å². The lowest BCUT2D eigenvalue weighted by atomic mass is 10.1. The number of aromatic nitrogens is 3. The summed E-state index contributed by atoms with van der Waals surface area (Å²) in [4.78, 5) is 25.3. The molecule has 28 heavy (non-hydrogen) atoms. The number of methoxy groups -OCH3 is 1. The highest BCUT2D eigenvalue weighted by Gasteiger charge is 2.11. The summed E-state index contributed by atoms with van der Waals surface area (Å²) in [6.45, 7) is 2.77. The van der Waals surface area contributed by atoms with Gasteiger partial charge >= 0.3 is 0 Å². The average Bonchev–Trinajstić information content (AvgIpc) is 2.73. The third kappa shape index (κ3) is 5.26. The van der Waals surface area contributed by atoms with Crippen molar-refractivity contribution in [3.05, 3.63) is 77.5 Å². The monoisotopic (exact) mass is 377 g/mol. The van der Waals surface area contributed by atoms with Gasteiger partial charge in [0.2, 0.25) is 0 Å². The van der Waals surface area contributed by atoms with Crippen LogP contribution in [0.4, 0.5) is 5.82 Å². The predicted molar refractivity (Wildman–Crippen MR) is 107 cm³/mol. The summed E-state index contributed by atoms with van der Waals surface area (Å²) in [5, 5.41) is 6.09. The van der Waals surface area contributed by atoms with E-state index in [0.717, 1.165) is 17.0 Å². The summed E-state index contributed by atoms with van der Waals surface area (Å²) in [6.07, 6.45) is 2.41. The number of para-hydroxylation sites is 1. The number of anilines is 1. The van der Waals surface area contributed by atoms with Crippen LogP contribution in [0.5, 0.6) is 5.75 Å². The first kappa shape index (κ1) is 19.3. The van der Waals surface area contributed by atoms with Crippen molar-refractivity contribution in [3.8, 4) is 5.75 Å². The van der Waals surface area contributed by atoms with Crippen LogP contribution in [-0.4, -0.2) is 34.5 Å². The zero-order valence-electron chi connectivity index (χ0n) is 16.0. The SMILES string of the molecule is COc1ccccc1CCNC(=O)c1cc(NCc2ccccn2)nc(C)n1. The molecule has 1 aromatic carbocycles. The van der Waals surface area contributed by atoms with E-state index in [0.29, 0.717) is 36.8 Å². The minimum Gasteiger partial charge on any atom is -0.496 e. The molecule has 7 heteroatoms. The molecule has 0 atom stereocenters. The molecule has 144 valence electrons. The van der Waals surface area contributed by atoms with E-state index in [1.54, 1.807) is 26.3 Å². The van der Waals surface area contributed by atoms with E-state index in [-0.39, 0.29) is 5.91 Å². The van der Waals surface area contributed by atoms with Gasteiger partial charge in [0, 0.05) is 18.8 Å². The fraction of sp³-hybridized carbons (Fsp3) is 0.238. The van der Waals surface area contributed by atoms with Crippen molar-refractivity contribution in [2.75, 3.05) is 19.0 Å². The second-order valence-electron chi connectivity index (χ2n) is 6.18. The number of aryl methyl sites for hydroxylation is 1. The lowest BCUT2D eigenvalue weighted by molar-refractivity contribution is 0.0948. The first-order valence-corrected chi connectivity index (χ1v) is 9.05. The highest BCUT2D eigenvalue weighted by molar-refractivity contribution is 5.92. The molecule has 3 aromatic rings. The van der Waals surface area contributed by atoms with Crippen LogP contribution in [0.2, 0.25) is 0 Å². The second-order valence-corrected chi connectivity index (χ2v) is 6.18. The van der Waals surface area contributed by atoms with Gasteiger partial charge in [0.05, 0.1) is 19.3 Å². The highest BCUT2D eigenvalue weighted by Crippen LogP contribution is 2.17. The highest BCUT2D eigenvalue weighted by atomic mass is 16.5. The summed E-state index contributed by atoms with van der Waals surface area (Å²) in [7, 11) is 1.64. The molecule has 0 unspecified atom stereocenters. The van der Waals surface area contributed by atoms with Crippen molar-refractivity contribution in [1.82, 2.24) is 20.3 Å². The van der Waals surface area contributed by atoms with Crippen LogP contribution < -0.4 is 15.4 Å². The van der Waals surface area contributed by atoms with Crippen molar-refractivity contribution in [1.29, 1.82) is 0 Å². The molecular formula is C21H23N5O2. The van der Waals surface area contributed by atoms with Gasteiger partial charge in [-0.05, 0) is 37.1 Å². The topological polar surface area (TPSA) is 89.0 Å². The van der Waals surface area contributed by atoms with Crippen LogP contribution in [0, 0.1) is 6.92 Å². The van der Waals surface area contributed by atoms with Gasteiger partial charge in [-0.25, -0.2) is 9.97 Å². The van der Waals surface area contributed by atoms with E-state index in [2.05, 4.69) is 25.6 Å². The van der Waals surface area contributed by atoms with Gasteiger partial charge < -0.3 is 15.4 Å². The van der Waals surface area contributed by atoms with Gasteiger partial charge in [0.1, 0.15) is 23.1 Å². The molecule has 2 aromatic heterocycles. The minimum atomic E-state index is -0.235. The maximum Gasteiger partial charge on any atom is 0.270 e. The maximum atomic E-state index is 12.5. The number of hydrogen-bond acceptors (Lipinski definition) is 6. The number of ether oxygens (including phenoxy) is 1. The third-order valence-electron chi connectivity index (χ3n) is 4.12. The standard InChI is InChI=1S/C21H23N5O2/c1-15-25-18(13-20(26-15)24-14-17-8-5-6-11-22-17)21(27)23-12-10-16-7-3-4-9-19(16)28-2/h3-9,11,13H,10,12,14H2,1-2H3,(H,23,27)(H,24,25,26). The number of pyridine rings is 1. The molecule has 0 fully saturated rings. The third-order valence-corrected chi connectivity index (χ3v) is 4.12. The summed E-state index contributed by atoms with van der Waals surface area (Å²) in [5.41, 5.74) is 2.26. The Labute approximate surface area is 164 Å². The molecule has 1 amide bonds. The van der Waals surface area contributed by atoms with Crippen molar-refractivity contribution in [2.45, 2.75) is 19.9 Å². The fourth-order valence-electron chi connectivity index (χ4n) is 2.77. The largest absolute Gasteiger partial charge is 0.496 e. The fourth-order valence-corrected chi connectivity index (χ4v) is 2.77. The van der Waals surface area contributed by atoms with Crippen molar-refractivity contribution in [2.24, 2.45) is 0 Å². The molecule has 0 saturated carbocycles. The minimum absolute atomic E-state index is 0.235. The van der Waals surface area contributed by atoms with Gasteiger partial charge in [-0.1, -0.05) is 24.3 Å². The van der Waals surface area contributed by atoms with Crippen LogP contribution in [0.25, 0.3) is 0 Å². The molecule has 0 aliphatic heterocycles. The molecule has 0 saturated heterocycles. The molecule has 2 heterocycles. The molecule has 0 spiro atoms. The van der Waals surface area contributed by atoms with Crippen LogP contribution in [0.1, 0.15) is 27.6 Å². The molecule has 7 nitrogen and oxygen atoms in total. The number of rotatable bonds is 8. The Bertz CT molecular complexity index is 931. The number of amides is 1. The Morgan fingerprint density at radius 1 is 1.11 bits per heavy atom.